The minimum absolute atomic E-state index is 0.0956. The van der Waals surface area contributed by atoms with Gasteiger partial charge in [0, 0.05) is 17.5 Å². The first-order chi connectivity index (χ1) is 7.18. The van der Waals surface area contributed by atoms with Crippen molar-refractivity contribution in [2.24, 2.45) is 5.73 Å². The van der Waals surface area contributed by atoms with E-state index >= 15 is 0 Å². The van der Waals surface area contributed by atoms with Crippen LogP contribution in [0.1, 0.15) is 24.0 Å². The number of hydrogen-bond acceptors (Lipinski definition) is 2. The van der Waals surface area contributed by atoms with Crippen molar-refractivity contribution < 1.29 is 9.13 Å². The molecule has 1 aromatic carbocycles. The van der Waals surface area contributed by atoms with Crippen LogP contribution in [-0.4, -0.2) is 12.1 Å². The number of halogens is 1. The molecule has 1 aliphatic heterocycles. The first-order valence-corrected chi connectivity index (χ1v) is 5.40. The van der Waals surface area contributed by atoms with Gasteiger partial charge in [-0.25, -0.2) is 4.39 Å². The van der Waals surface area contributed by atoms with Gasteiger partial charge in [-0.05, 0) is 30.9 Å². The number of benzene rings is 1. The van der Waals surface area contributed by atoms with Crippen molar-refractivity contribution in [2.45, 2.75) is 31.2 Å². The molecule has 2 aliphatic rings. The van der Waals surface area contributed by atoms with E-state index in [0.717, 1.165) is 24.0 Å². The van der Waals surface area contributed by atoms with Gasteiger partial charge in [-0.1, -0.05) is 6.07 Å². The highest BCUT2D eigenvalue weighted by atomic mass is 19.1. The predicted octanol–water partition coefficient (Wildman–Crippen LogP) is 1.79. The maximum atomic E-state index is 14.0. The third-order valence-electron chi connectivity index (χ3n) is 3.32. The Kier molecular flexibility index (Phi) is 1.80. The summed E-state index contributed by atoms with van der Waals surface area (Å²) in [6, 6.07) is 3.68. The average molecular weight is 207 g/mol. The zero-order valence-electron chi connectivity index (χ0n) is 8.55. The standard InChI is InChI=1S/C12H14FNO/c13-11-8(7-12(14)4-5-12)1-2-10-9(11)3-6-15-10/h1-2H,3-7,14H2. The molecule has 1 aliphatic carbocycles. The monoisotopic (exact) mass is 207 g/mol. The molecule has 2 nitrogen and oxygen atoms in total. The lowest BCUT2D eigenvalue weighted by molar-refractivity contribution is 0.356. The summed E-state index contributed by atoms with van der Waals surface area (Å²) in [5.74, 6) is 0.611. The Hall–Kier alpha value is -1.09. The van der Waals surface area contributed by atoms with Crippen molar-refractivity contribution in [1.82, 2.24) is 0 Å². The van der Waals surface area contributed by atoms with Crippen molar-refractivity contribution in [1.29, 1.82) is 0 Å². The summed E-state index contributed by atoms with van der Waals surface area (Å²) in [6.45, 7) is 0.601. The second-order valence-electron chi connectivity index (χ2n) is 4.65. The third kappa shape index (κ3) is 1.51. The van der Waals surface area contributed by atoms with Gasteiger partial charge < -0.3 is 10.5 Å². The Labute approximate surface area is 88.2 Å². The molecular formula is C12H14FNO. The Morgan fingerprint density at radius 2 is 2.20 bits per heavy atom. The summed E-state index contributed by atoms with van der Waals surface area (Å²) >= 11 is 0. The number of hydrogen-bond donors (Lipinski definition) is 1. The average Bonchev–Trinajstić information content (AvgIpc) is 2.78. The zero-order valence-corrected chi connectivity index (χ0v) is 8.55. The Balaban J connectivity index is 1.95. The minimum atomic E-state index is -0.130. The normalized spacial score (nSPS) is 20.9. The van der Waals surface area contributed by atoms with Gasteiger partial charge in [-0.2, -0.15) is 0 Å². The number of nitrogens with two attached hydrogens (primary N) is 1. The molecule has 0 saturated heterocycles. The summed E-state index contributed by atoms with van der Waals surface area (Å²) in [5, 5.41) is 0. The van der Waals surface area contributed by atoms with Crippen molar-refractivity contribution in [2.75, 3.05) is 6.61 Å². The van der Waals surface area contributed by atoms with Crippen LogP contribution in [0.5, 0.6) is 5.75 Å². The van der Waals surface area contributed by atoms with Gasteiger partial charge in [0.05, 0.1) is 6.61 Å². The molecule has 1 fully saturated rings. The first kappa shape index (κ1) is 9.16. The van der Waals surface area contributed by atoms with Gasteiger partial charge in [0.1, 0.15) is 11.6 Å². The third-order valence-corrected chi connectivity index (χ3v) is 3.32. The Morgan fingerprint density at radius 3 is 2.93 bits per heavy atom. The predicted molar refractivity (Wildman–Crippen MR) is 55.5 cm³/mol. The molecule has 2 N–H and O–H groups in total. The molecule has 0 aromatic heterocycles. The van der Waals surface area contributed by atoms with E-state index in [0.29, 0.717) is 25.2 Å². The van der Waals surface area contributed by atoms with E-state index in [2.05, 4.69) is 0 Å². The number of rotatable bonds is 2. The Bertz CT molecular complexity index is 412. The van der Waals surface area contributed by atoms with Crippen LogP contribution in [0.15, 0.2) is 12.1 Å². The van der Waals surface area contributed by atoms with Crippen LogP contribution in [0.4, 0.5) is 4.39 Å². The van der Waals surface area contributed by atoms with E-state index in [1.165, 1.54) is 0 Å². The van der Waals surface area contributed by atoms with E-state index in [1.807, 2.05) is 12.1 Å². The van der Waals surface area contributed by atoms with Crippen LogP contribution in [-0.2, 0) is 12.8 Å². The minimum Gasteiger partial charge on any atom is -0.493 e. The van der Waals surface area contributed by atoms with Crippen LogP contribution in [0.3, 0.4) is 0 Å². The Morgan fingerprint density at radius 1 is 1.40 bits per heavy atom. The molecule has 80 valence electrons. The number of fused-ring (bicyclic) bond motifs is 1. The van der Waals surface area contributed by atoms with Gasteiger partial charge >= 0.3 is 0 Å². The second-order valence-corrected chi connectivity index (χ2v) is 4.65. The van der Waals surface area contributed by atoms with Crippen molar-refractivity contribution in [3.63, 3.8) is 0 Å². The van der Waals surface area contributed by atoms with Gasteiger partial charge in [0.2, 0.25) is 0 Å². The molecule has 3 rings (SSSR count). The molecule has 3 heteroatoms. The second kappa shape index (κ2) is 2.95. The molecule has 15 heavy (non-hydrogen) atoms. The highest BCUT2D eigenvalue weighted by molar-refractivity contribution is 5.42. The molecule has 0 bridgehead atoms. The van der Waals surface area contributed by atoms with Crippen LogP contribution >= 0.6 is 0 Å². The topological polar surface area (TPSA) is 35.2 Å². The molecule has 0 amide bonds. The zero-order chi connectivity index (χ0) is 10.5. The van der Waals surface area contributed by atoms with Crippen LogP contribution < -0.4 is 10.5 Å². The van der Waals surface area contributed by atoms with Crippen LogP contribution in [0.2, 0.25) is 0 Å². The quantitative estimate of drug-likeness (QED) is 0.802. The molecule has 1 heterocycles. The summed E-state index contributed by atoms with van der Waals surface area (Å²) in [7, 11) is 0. The van der Waals surface area contributed by atoms with E-state index in [4.69, 9.17) is 10.5 Å². The fourth-order valence-corrected chi connectivity index (χ4v) is 2.14. The lowest BCUT2D eigenvalue weighted by Gasteiger charge is -2.11. The molecule has 0 radical (unpaired) electrons. The first-order valence-electron chi connectivity index (χ1n) is 5.40. The van der Waals surface area contributed by atoms with Crippen molar-refractivity contribution in [3.8, 4) is 5.75 Å². The fourth-order valence-electron chi connectivity index (χ4n) is 2.14. The van der Waals surface area contributed by atoms with Crippen molar-refractivity contribution >= 4 is 0 Å². The fraction of sp³-hybridized carbons (Fsp3) is 0.500. The lowest BCUT2D eigenvalue weighted by Crippen LogP contribution is -2.25. The smallest absolute Gasteiger partial charge is 0.133 e. The summed E-state index contributed by atoms with van der Waals surface area (Å²) in [6.07, 6.45) is 3.37. The maximum Gasteiger partial charge on any atom is 0.133 e. The summed E-state index contributed by atoms with van der Waals surface area (Å²) in [5.41, 5.74) is 7.35. The maximum absolute atomic E-state index is 14.0. The summed E-state index contributed by atoms with van der Waals surface area (Å²) in [4.78, 5) is 0. The van der Waals surface area contributed by atoms with E-state index in [-0.39, 0.29) is 11.4 Å². The molecule has 0 unspecified atom stereocenters. The van der Waals surface area contributed by atoms with E-state index < -0.39 is 0 Å². The van der Waals surface area contributed by atoms with Crippen molar-refractivity contribution in [3.05, 3.63) is 29.1 Å². The van der Waals surface area contributed by atoms with Crippen LogP contribution in [0, 0.1) is 5.82 Å². The molecule has 0 spiro atoms. The van der Waals surface area contributed by atoms with E-state index in [1.54, 1.807) is 0 Å². The van der Waals surface area contributed by atoms with Gasteiger partial charge in [-0.15, -0.1) is 0 Å². The summed E-state index contributed by atoms with van der Waals surface area (Å²) < 4.78 is 19.3. The lowest BCUT2D eigenvalue weighted by atomic mass is 10.0. The highest BCUT2D eigenvalue weighted by Crippen LogP contribution is 2.38. The molecule has 1 aromatic rings. The molecule has 1 saturated carbocycles. The van der Waals surface area contributed by atoms with Gasteiger partial charge in [0.25, 0.3) is 0 Å². The highest BCUT2D eigenvalue weighted by Gasteiger charge is 2.39. The molecule has 0 atom stereocenters. The van der Waals surface area contributed by atoms with Crippen LogP contribution in [0.25, 0.3) is 0 Å². The number of ether oxygens (including phenoxy) is 1. The SMILES string of the molecule is NC1(Cc2ccc3c(c2F)CCO3)CC1. The van der Waals surface area contributed by atoms with E-state index in [9.17, 15) is 4.39 Å². The largest absolute Gasteiger partial charge is 0.493 e. The van der Waals surface area contributed by atoms with Gasteiger partial charge in [-0.3, -0.25) is 0 Å². The van der Waals surface area contributed by atoms with Gasteiger partial charge in [0.15, 0.2) is 0 Å². The molecular weight excluding hydrogens is 193 g/mol.